The van der Waals surface area contributed by atoms with E-state index in [4.69, 9.17) is 0 Å². The van der Waals surface area contributed by atoms with Crippen LogP contribution in [-0.2, 0) is 12.7 Å². The van der Waals surface area contributed by atoms with Crippen molar-refractivity contribution in [3.05, 3.63) is 34.2 Å². The van der Waals surface area contributed by atoms with Gasteiger partial charge in [-0.25, -0.2) is 0 Å². The maximum absolute atomic E-state index is 13.1. The molecule has 0 spiro atoms. The number of thiol groups is 1. The fourth-order valence-electron chi connectivity index (χ4n) is 2.82. The molecule has 21 heavy (non-hydrogen) atoms. The lowest BCUT2D eigenvalue weighted by atomic mass is 9.80. The van der Waals surface area contributed by atoms with Gasteiger partial charge >= 0.3 is 6.18 Å². The molecule has 2 nitrogen and oxygen atoms in total. The highest BCUT2D eigenvalue weighted by Crippen LogP contribution is 2.35. The minimum Gasteiger partial charge on any atom is -0.304 e. The topological polar surface area (TPSA) is 22.0 Å². The van der Waals surface area contributed by atoms with E-state index in [1.54, 1.807) is 0 Å². The highest BCUT2D eigenvalue weighted by Gasteiger charge is 2.37. The Bertz CT molecular complexity index is 504. The van der Waals surface area contributed by atoms with Crippen molar-refractivity contribution in [1.82, 2.24) is 4.57 Å². The van der Waals surface area contributed by atoms with Gasteiger partial charge in [-0.15, -0.1) is 0 Å². The third kappa shape index (κ3) is 4.53. The summed E-state index contributed by atoms with van der Waals surface area (Å²) in [5.41, 5.74) is -1.87. The van der Waals surface area contributed by atoms with Crippen LogP contribution in [0.1, 0.15) is 45.2 Å². The van der Waals surface area contributed by atoms with Gasteiger partial charge in [-0.3, -0.25) is 4.79 Å². The summed E-state index contributed by atoms with van der Waals surface area (Å²) in [7, 11) is 0. The van der Waals surface area contributed by atoms with E-state index in [2.05, 4.69) is 12.6 Å². The molecular weight excluding hydrogens is 299 g/mol. The van der Waals surface area contributed by atoms with Crippen LogP contribution in [0.5, 0.6) is 0 Å². The molecule has 6 heteroatoms. The summed E-state index contributed by atoms with van der Waals surface area (Å²) < 4.78 is 40.2. The molecule has 0 fully saturated rings. The second-order valence-corrected chi connectivity index (χ2v) is 5.81. The van der Waals surface area contributed by atoms with Gasteiger partial charge in [0.05, 0.1) is 0 Å². The number of halogens is 3. The summed E-state index contributed by atoms with van der Waals surface area (Å²) in [4.78, 5) is 11.9. The number of aromatic nitrogens is 1. The maximum atomic E-state index is 13.1. The average molecular weight is 321 g/mol. The summed E-state index contributed by atoms with van der Waals surface area (Å²) in [5, 5.41) is 0. The molecule has 1 rings (SSSR count). The number of alkyl halides is 3. The van der Waals surface area contributed by atoms with Crippen molar-refractivity contribution in [3.63, 3.8) is 0 Å². The van der Waals surface area contributed by atoms with Gasteiger partial charge in [0.2, 0.25) is 0 Å². The molecule has 0 aliphatic heterocycles. The first-order valence-electron chi connectivity index (χ1n) is 7.17. The van der Waals surface area contributed by atoms with Crippen LogP contribution in [0.25, 0.3) is 0 Å². The van der Waals surface area contributed by atoms with Gasteiger partial charge in [0, 0.05) is 12.6 Å². The Morgan fingerprint density at radius 3 is 2.14 bits per heavy atom. The Balaban J connectivity index is 3.29. The maximum Gasteiger partial charge on any atom is 0.431 e. The van der Waals surface area contributed by atoms with Crippen LogP contribution in [0, 0.1) is 5.41 Å². The fourth-order valence-corrected chi connectivity index (χ4v) is 3.23. The molecule has 0 bridgehead atoms. The van der Waals surface area contributed by atoms with E-state index in [9.17, 15) is 18.0 Å². The van der Waals surface area contributed by atoms with Crippen LogP contribution >= 0.6 is 12.6 Å². The predicted molar refractivity (Wildman–Crippen MR) is 81.8 cm³/mol. The molecule has 0 atom stereocenters. The molecule has 120 valence electrons. The standard InChI is InChI=1S/C15H22F3NOS/c1-3-8-14(11-21,9-4-2)10-19-12(15(16,17)18)6-5-7-13(19)20/h5-7,21H,3-4,8-11H2,1-2H3. The first-order valence-corrected chi connectivity index (χ1v) is 7.81. The number of nitrogens with zero attached hydrogens (tertiary/aromatic N) is 1. The van der Waals surface area contributed by atoms with Crippen molar-refractivity contribution in [2.75, 3.05) is 5.75 Å². The first-order chi connectivity index (χ1) is 9.79. The van der Waals surface area contributed by atoms with Crippen LogP contribution in [0.2, 0.25) is 0 Å². The van der Waals surface area contributed by atoms with Crippen molar-refractivity contribution in [2.45, 2.75) is 52.3 Å². The Kier molecular flexibility index (Phi) is 6.38. The van der Waals surface area contributed by atoms with E-state index < -0.39 is 17.4 Å². The molecule has 0 saturated heterocycles. The zero-order valence-electron chi connectivity index (χ0n) is 12.4. The molecule has 0 aromatic carbocycles. The van der Waals surface area contributed by atoms with Crippen LogP contribution in [0.4, 0.5) is 13.2 Å². The normalized spacial score (nSPS) is 12.7. The molecule has 1 heterocycles. The van der Waals surface area contributed by atoms with Crippen LogP contribution in [0.15, 0.2) is 23.0 Å². The second kappa shape index (κ2) is 7.38. The van der Waals surface area contributed by atoms with E-state index in [-0.39, 0.29) is 12.0 Å². The zero-order chi connectivity index (χ0) is 16.1. The molecule has 0 unspecified atom stereocenters. The van der Waals surface area contributed by atoms with E-state index in [1.165, 1.54) is 6.07 Å². The molecule has 0 amide bonds. The van der Waals surface area contributed by atoms with Crippen LogP contribution in [-0.4, -0.2) is 10.3 Å². The Labute approximate surface area is 128 Å². The van der Waals surface area contributed by atoms with Gasteiger partial charge in [0.1, 0.15) is 5.69 Å². The van der Waals surface area contributed by atoms with Gasteiger partial charge in [-0.2, -0.15) is 25.8 Å². The minimum absolute atomic E-state index is 0.0622. The van der Waals surface area contributed by atoms with Crippen LogP contribution in [0.3, 0.4) is 0 Å². The lowest BCUT2D eigenvalue weighted by Gasteiger charge is -2.33. The summed E-state index contributed by atoms with van der Waals surface area (Å²) in [6.45, 7) is 4.05. The predicted octanol–water partition coefficient (Wildman–Crippen LogP) is 4.38. The number of hydrogen-bond donors (Lipinski definition) is 1. The SMILES string of the molecule is CCCC(CS)(CCC)Cn1c(C(F)(F)F)cccc1=O. The average Bonchev–Trinajstić information content (AvgIpc) is 2.40. The van der Waals surface area contributed by atoms with Crippen LogP contribution < -0.4 is 5.56 Å². The summed E-state index contributed by atoms with van der Waals surface area (Å²) >= 11 is 4.34. The molecular formula is C15H22F3NOS. The van der Waals surface area contributed by atoms with Gasteiger partial charge in [-0.05, 0) is 30.1 Å². The smallest absolute Gasteiger partial charge is 0.304 e. The molecule has 1 aromatic heterocycles. The fraction of sp³-hybridized carbons (Fsp3) is 0.667. The van der Waals surface area contributed by atoms with Crippen molar-refractivity contribution >= 4 is 12.6 Å². The van der Waals surface area contributed by atoms with E-state index in [1.807, 2.05) is 13.8 Å². The monoisotopic (exact) mass is 321 g/mol. The number of pyridine rings is 1. The Morgan fingerprint density at radius 2 is 1.71 bits per heavy atom. The van der Waals surface area contributed by atoms with Gasteiger partial charge in [0.15, 0.2) is 0 Å². The zero-order valence-corrected chi connectivity index (χ0v) is 13.3. The van der Waals surface area contributed by atoms with Crippen molar-refractivity contribution in [1.29, 1.82) is 0 Å². The highest BCUT2D eigenvalue weighted by molar-refractivity contribution is 7.80. The minimum atomic E-state index is -4.53. The number of rotatable bonds is 7. The molecule has 0 saturated carbocycles. The molecule has 0 N–H and O–H groups in total. The Morgan fingerprint density at radius 1 is 1.14 bits per heavy atom. The lowest BCUT2D eigenvalue weighted by molar-refractivity contribution is -0.144. The molecule has 0 radical (unpaired) electrons. The quantitative estimate of drug-likeness (QED) is 0.740. The summed E-state index contributed by atoms with van der Waals surface area (Å²) in [6.07, 6.45) is -1.32. The van der Waals surface area contributed by atoms with E-state index in [0.29, 0.717) is 5.75 Å². The van der Waals surface area contributed by atoms with Crippen molar-refractivity contribution < 1.29 is 13.2 Å². The summed E-state index contributed by atoms with van der Waals surface area (Å²) in [6, 6.07) is 3.29. The molecule has 1 aromatic rings. The first kappa shape index (κ1) is 18.1. The summed E-state index contributed by atoms with van der Waals surface area (Å²) in [5.74, 6) is 0.466. The van der Waals surface area contributed by atoms with Gasteiger partial charge in [-0.1, -0.05) is 32.8 Å². The molecule has 0 aliphatic carbocycles. The molecule has 0 aliphatic rings. The van der Waals surface area contributed by atoms with Crippen molar-refractivity contribution in [3.8, 4) is 0 Å². The lowest BCUT2D eigenvalue weighted by Crippen LogP contribution is -2.37. The van der Waals surface area contributed by atoms with E-state index in [0.717, 1.165) is 42.4 Å². The Hall–Kier alpha value is -0.910. The number of hydrogen-bond acceptors (Lipinski definition) is 2. The van der Waals surface area contributed by atoms with Gasteiger partial charge in [0.25, 0.3) is 5.56 Å². The second-order valence-electron chi connectivity index (χ2n) is 5.49. The van der Waals surface area contributed by atoms with Gasteiger partial charge < -0.3 is 4.57 Å². The largest absolute Gasteiger partial charge is 0.431 e. The highest BCUT2D eigenvalue weighted by atomic mass is 32.1. The van der Waals surface area contributed by atoms with Crippen molar-refractivity contribution in [2.24, 2.45) is 5.41 Å². The third-order valence-electron chi connectivity index (χ3n) is 3.73. The third-order valence-corrected chi connectivity index (χ3v) is 4.40. The van der Waals surface area contributed by atoms with E-state index >= 15 is 0 Å².